The highest BCUT2D eigenvalue weighted by Gasteiger charge is 2.33. The van der Waals surface area contributed by atoms with Crippen molar-refractivity contribution in [3.8, 4) is 0 Å². The summed E-state index contributed by atoms with van der Waals surface area (Å²) in [5.41, 5.74) is -0.405. The lowest BCUT2D eigenvalue weighted by Gasteiger charge is -2.19. The number of hydrogen-bond donors (Lipinski definition) is 0. The van der Waals surface area contributed by atoms with Crippen LogP contribution in [0, 0.1) is 17.5 Å². The van der Waals surface area contributed by atoms with Gasteiger partial charge in [0.05, 0.1) is 5.25 Å². The van der Waals surface area contributed by atoms with Crippen LogP contribution in [0.3, 0.4) is 0 Å². The average Bonchev–Trinajstić information content (AvgIpc) is 2.56. The molecular formula is C18H19F3O4S2. The minimum absolute atomic E-state index is 0.126. The summed E-state index contributed by atoms with van der Waals surface area (Å²) in [6.45, 7) is 0. The number of halogens is 3. The van der Waals surface area contributed by atoms with Gasteiger partial charge in [-0.1, -0.05) is 18.6 Å². The van der Waals surface area contributed by atoms with Crippen LogP contribution in [0.4, 0.5) is 13.2 Å². The molecule has 0 bridgehead atoms. The van der Waals surface area contributed by atoms with Crippen LogP contribution < -0.4 is 0 Å². The van der Waals surface area contributed by atoms with Crippen molar-refractivity contribution in [3.63, 3.8) is 0 Å². The fourth-order valence-electron chi connectivity index (χ4n) is 2.76. The van der Waals surface area contributed by atoms with E-state index in [1.807, 2.05) is 0 Å². The van der Waals surface area contributed by atoms with Crippen LogP contribution in [-0.4, -0.2) is 28.8 Å². The van der Waals surface area contributed by atoms with Crippen LogP contribution in [0.1, 0.15) is 30.1 Å². The summed E-state index contributed by atoms with van der Waals surface area (Å²) in [4.78, 5) is -0.609. The molecule has 4 nitrogen and oxygen atoms in total. The lowest BCUT2D eigenvalue weighted by Crippen LogP contribution is -2.17. The number of hydrogen-bond acceptors (Lipinski definition) is 4. The summed E-state index contributed by atoms with van der Waals surface area (Å²) in [6.07, 6.45) is 1.15. The Kier molecular flexibility index (Phi) is 6.69. The summed E-state index contributed by atoms with van der Waals surface area (Å²) in [6, 6.07) is 7.12. The lowest BCUT2D eigenvalue weighted by atomic mass is 10.1. The normalized spacial score (nSPS) is 13.5. The van der Waals surface area contributed by atoms with Crippen molar-refractivity contribution in [2.45, 2.75) is 29.4 Å². The number of rotatable bonds is 8. The molecule has 0 N–H and O–H groups in total. The first-order valence-electron chi connectivity index (χ1n) is 8.13. The van der Waals surface area contributed by atoms with Crippen molar-refractivity contribution in [1.82, 2.24) is 0 Å². The van der Waals surface area contributed by atoms with Crippen molar-refractivity contribution in [1.29, 1.82) is 0 Å². The standard InChI is InChI=1S/C18H19F3O4S2/c1-26(22,23)11-5-4-7-17(14-12-13(19)9-10-15(14)20)27(24,25)18-8-3-2-6-16(18)21/h2-3,6,8-10,12,17H,4-5,7,11H2,1H3. The van der Waals surface area contributed by atoms with Gasteiger partial charge in [0.15, 0.2) is 9.84 Å². The van der Waals surface area contributed by atoms with Gasteiger partial charge in [-0.25, -0.2) is 30.0 Å². The molecule has 0 aliphatic carbocycles. The number of sulfone groups is 2. The highest BCUT2D eigenvalue weighted by molar-refractivity contribution is 7.91. The van der Waals surface area contributed by atoms with Gasteiger partial charge in [0, 0.05) is 17.6 Å². The van der Waals surface area contributed by atoms with Crippen LogP contribution in [0.5, 0.6) is 0 Å². The molecule has 0 aromatic heterocycles. The summed E-state index contributed by atoms with van der Waals surface area (Å²) >= 11 is 0. The van der Waals surface area contributed by atoms with Gasteiger partial charge >= 0.3 is 0 Å². The molecule has 2 rings (SSSR count). The maximum absolute atomic E-state index is 14.2. The Morgan fingerprint density at radius 1 is 0.889 bits per heavy atom. The molecule has 0 saturated heterocycles. The second-order valence-electron chi connectivity index (χ2n) is 6.26. The van der Waals surface area contributed by atoms with Gasteiger partial charge < -0.3 is 0 Å². The van der Waals surface area contributed by atoms with Crippen LogP contribution in [0.2, 0.25) is 0 Å². The molecule has 148 valence electrons. The summed E-state index contributed by atoms with van der Waals surface area (Å²) < 4.78 is 90.3. The quantitative estimate of drug-likeness (QED) is 0.609. The monoisotopic (exact) mass is 420 g/mol. The van der Waals surface area contributed by atoms with Crippen molar-refractivity contribution < 1.29 is 30.0 Å². The average molecular weight is 420 g/mol. The minimum Gasteiger partial charge on any atom is -0.229 e. The van der Waals surface area contributed by atoms with E-state index in [0.717, 1.165) is 36.6 Å². The zero-order chi connectivity index (χ0) is 20.2. The lowest BCUT2D eigenvalue weighted by molar-refractivity contribution is 0.533. The third-order valence-electron chi connectivity index (χ3n) is 4.05. The molecule has 0 aliphatic heterocycles. The third-order valence-corrected chi connectivity index (χ3v) is 7.27. The fourth-order valence-corrected chi connectivity index (χ4v) is 5.40. The van der Waals surface area contributed by atoms with E-state index in [2.05, 4.69) is 0 Å². The Morgan fingerprint density at radius 3 is 2.19 bits per heavy atom. The van der Waals surface area contributed by atoms with Gasteiger partial charge in [-0.15, -0.1) is 0 Å². The van der Waals surface area contributed by atoms with Gasteiger partial charge in [0.2, 0.25) is 0 Å². The van der Waals surface area contributed by atoms with Crippen LogP contribution in [0.25, 0.3) is 0 Å². The van der Waals surface area contributed by atoms with Crippen molar-refractivity contribution >= 4 is 19.7 Å². The zero-order valence-electron chi connectivity index (χ0n) is 14.5. The molecule has 0 saturated carbocycles. The van der Waals surface area contributed by atoms with E-state index in [9.17, 15) is 30.0 Å². The second kappa shape index (κ2) is 8.43. The first-order valence-corrected chi connectivity index (χ1v) is 11.7. The van der Waals surface area contributed by atoms with E-state index in [0.29, 0.717) is 0 Å². The van der Waals surface area contributed by atoms with Crippen LogP contribution >= 0.6 is 0 Å². The Morgan fingerprint density at radius 2 is 1.56 bits per heavy atom. The van der Waals surface area contributed by atoms with Gasteiger partial charge in [-0.05, 0) is 43.2 Å². The predicted molar refractivity (Wildman–Crippen MR) is 96.2 cm³/mol. The van der Waals surface area contributed by atoms with E-state index in [1.54, 1.807) is 0 Å². The van der Waals surface area contributed by atoms with Crippen molar-refractivity contribution in [2.75, 3.05) is 12.0 Å². The van der Waals surface area contributed by atoms with Crippen LogP contribution in [0.15, 0.2) is 47.4 Å². The first kappa shape index (κ1) is 21.4. The van der Waals surface area contributed by atoms with Crippen LogP contribution in [-0.2, 0) is 19.7 Å². The number of unbranched alkanes of at least 4 members (excludes halogenated alkanes) is 1. The largest absolute Gasteiger partial charge is 0.229 e. The Balaban J connectivity index is 2.43. The van der Waals surface area contributed by atoms with E-state index in [-0.39, 0.29) is 25.0 Å². The Hall–Kier alpha value is -1.87. The molecule has 0 heterocycles. The maximum atomic E-state index is 14.2. The molecule has 1 unspecified atom stereocenters. The molecule has 0 amide bonds. The highest BCUT2D eigenvalue weighted by Crippen LogP contribution is 2.36. The molecular weight excluding hydrogens is 401 g/mol. The Labute approximate surface area is 156 Å². The minimum atomic E-state index is -4.37. The second-order valence-corrected chi connectivity index (χ2v) is 10.6. The van der Waals surface area contributed by atoms with E-state index < -0.39 is 52.8 Å². The summed E-state index contributed by atoms with van der Waals surface area (Å²) in [5.74, 6) is -2.90. The van der Waals surface area contributed by atoms with Gasteiger partial charge in [0.25, 0.3) is 0 Å². The molecule has 0 radical (unpaired) electrons. The third kappa shape index (κ3) is 5.55. The fraction of sp³-hybridized carbons (Fsp3) is 0.333. The van der Waals surface area contributed by atoms with E-state index in [1.165, 1.54) is 12.1 Å². The maximum Gasteiger partial charge on any atom is 0.188 e. The molecule has 1 atom stereocenters. The molecule has 0 spiro atoms. The van der Waals surface area contributed by atoms with Gasteiger partial charge in [-0.3, -0.25) is 0 Å². The topological polar surface area (TPSA) is 68.3 Å². The van der Waals surface area contributed by atoms with Crippen molar-refractivity contribution in [3.05, 3.63) is 65.5 Å². The molecule has 2 aromatic carbocycles. The highest BCUT2D eigenvalue weighted by atomic mass is 32.2. The predicted octanol–water partition coefficient (Wildman–Crippen LogP) is 3.83. The Bertz CT molecular complexity index is 1020. The molecule has 0 aliphatic rings. The molecule has 27 heavy (non-hydrogen) atoms. The summed E-state index contributed by atoms with van der Waals surface area (Å²) in [5, 5.41) is -1.54. The van der Waals surface area contributed by atoms with Gasteiger partial charge in [-0.2, -0.15) is 0 Å². The van der Waals surface area contributed by atoms with Gasteiger partial charge in [0.1, 0.15) is 32.2 Å². The van der Waals surface area contributed by atoms with E-state index >= 15 is 0 Å². The first-order chi connectivity index (χ1) is 12.5. The molecule has 2 aromatic rings. The smallest absolute Gasteiger partial charge is 0.188 e. The number of benzene rings is 2. The summed E-state index contributed by atoms with van der Waals surface area (Å²) in [7, 11) is -7.61. The van der Waals surface area contributed by atoms with Crippen molar-refractivity contribution in [2.24, 2.45) is 0 Å². The van der Waals surface area contributed by atoms with E-state index in [4.69, 9.17) is 0 Å². The SMILES string of the molecule is CS(=O)(=O)CCCCC(c1cc(F)ccc1F)S(=O)(=O)c1ccccc1F. The zero-order valence-corrected chi connectivity index (χ0v) is 16.2. The molecule has 0 fully saturated rings. The molecule has 9 heteroatoms.